The lowest BCUT2D eigenvalue weighted by Gasteiger charge is -2.32. The maximum Gasteiger partial charge on any atom is 0.450 e. The molecule has 1 aliphatic heterocycles. The second-order valence-corrected chi connectivity index (χ2v) is 7.37. The summed E-state index contributed by atoms with van der Waals surface area (Å²) >= 11 is 0. The van der Waals surface area contributed by atoms with Gasteiger partial charge in [0.25, 0.3) is 0 Å². The third-order valence-corrected chi connectivity index (χ3v) is 5.23. The van der Waals surface area contributed by atoms with Crippen molar-refractivity contribution < 1.29 is 27.1 Å². The summed E-state index contributed by atoms with van der Waals surface area (Å²) < 4.78 is 58.3. The summed E-state index contributed by atoms with van der Waals surface area (Å²) in [5.74, 6) is -0.776. The van der Waals surface area contributed by atoms with Crippen LogP contribution in [0.2, 0.25) is 0 Å². The van der Waals surface area contributed by atoms with E-state index >= 15 is 0 Å². The molecule has 0 bridgehead atoms. The van der Waals surface area contributed by atoms with Gasteiger partial charge in [-0.25, -0.2) is 0 Å². The first kappa shape index (κ1) is 20.3. The SMILES string of the molecule is COc1ccccc1-c1c(C(F)(F)F)oc2c3c(ccc2c1=O)OCN(C(C)C)C3. The van der Waals surface area contributed by atoms with E-state index in [4.69, 9.17) is 13.9 Å². The molecule has 0 fully saturated rings. The van der Waals surface area contributed by atoms with Crippen LogP contribution in [0.5, 0.6) is 11.5 Å². The molecule has 0 aliphatic carbocycles. The molecule has 0 spiro atoms. The molecular weight excluding hydrogens is 399 g/mol. The molecule has 0 atom stereocenters. The highest BCUT2D eigenvalue weighted by Crippen LogP contribution is 2.42. The van der Waals surface area contributed by atoms with E-state index in [1.54, 1.807) is 18.2 Å². The number of alkyl halides is 3. The van der Waals surface area contributed by atoms with Crippen molar-refractivity contribution in [3.8, 4) is 22.6 Å². The topological polar surface area (TPSA) is 51.9 Å². The molecule has 1 aliphatic rings. The Labute approximate surface area is 170 Å². The van der Waals surface area contributed by atoms with Gasteiger partial charge in [-0.05, 0) is 32.0 Å². The number of nitrogens with zero attached hydrogens (tertiary/aromatic N) is 1. The lowest BCUT2D eigenvalue weighted by Crippen LogP contribution is -2.37. The molecule has 4 rings (SSSR count). The van der Waals surface area contributed by atoms with Gasteiger partial charge in [-0.2, -0.15) is 13.2 Å². The van der Waals surface area contributed by atoms with Crippen molar-refractivity contribution >= 4 is 11.0 Å². The maximum atomic E-state index is 14.0. The molecule has 0 N–H and O–H groups in total. The number of benzene rings is 2. The summed E-state index contributed by atoms with van der Waals surface area (Å²) in [5, 5.41) is 0.0665. The summed E-state index contributed by atoms with van der Waals surface area (Å²) in [5.41, 5.74) is -0.974. The first-order valence-electron chi connectivity index (χ1n) is 9.42. The van der Waals surface area contributed by atoms with E-state index in [-0.39, 0.29) is 28.3 Å². The Kier molecular flexibility index (Phi) is 4.97. The number of hydrogen-bond acceptors (Lipinski definition) is 5. The number of methoxy groups -OCH3 is 1. The number of fused-ring (bicyclic) bond motifs is 3. The molecule has 0 radical (unpaired) electrons. The van der Waals surface area contributed by atoms with Crippen molar-refractivity contribution in [3.05, 3.63) is 57.9 Å². The van der Waals surface area contributed by atoms with Gasteiger partial charge in [-0.15, -0.1) is 0 Å². The number of hydrogen-bond donors (Lipinski definition) is 0. The Morgan fingerprint density at radius 3 is 2.53 bits per heavy atom. The van der Waals surface area contributed by atoms with Crippen molar-refractivity contribution in [2.75, 3.05) is 13.8 Å². The molecule has 30 heavy (non-hydrogen) atoms. The van der Waals surface area contributed by atoms with Crippen LogP contribution in [0.1, 0.15) is 25.2 Å². The predicted octanol–water partition coefficient (Wildman–Crippen LogP) is 5.05. The highest BCUT2D eigenvalue weighted by molar-refractivity contribution is 5.88. The maximum absolute atomic E-state index is 14.0. The first-order valence-corrected chi connectivity index (χ1v) is 9.42. The van der Waals surface area contributed by atoms with Crippen LogP contribution in [0, 0.1) is 0 Å². The zero-order chi connectivity index (χ0) is 21.6. The summed E-state index contributed by atoms with van der Waals surface area (Å²) in [7, 11) is 1.34. The fourth-order valence-corrected chi connectivity index (χ4v) is 3.61. The molecule has 8 heteroatoms. The molecule has 2 aromatic carbocycles. The summed E-state index contributed by atoms with van der Waals surface area (Å²) in [6.45, 7) is 4.54. The van der Waals surface area contributed by atoms with E-state index in [9.17, 15) is 18.0 Å². The van der Waals surface area contributed by atoms with Crippen molar-refractivity contribution in [1.82, 2.24) is 4.90 Å². The van der Waals surface area contributed by atoms with Crippen molar-refractivity contribution in [2.45, 2.75) is 32.6 Å². The molecule has 158 valence electrons. The average Bonchev–Trinajstić information content (AvgIpc) is 2.72. The Morgan fingerprint density at radius 1 is 1.13 bits per heavy atom. The molecule has 3 aromatic rings. The predicted molar refractivity (Wildman–Crippen MR) is 106 cm³/mol. The minimum absolute atomic E-state index is 0.0285. The van der Waals surface area contributed by atoms with Crippen molar-refractivity contribution in [3.63, 3.8) is 0 Å². The largest absolute Gasteiger partial charge is 0.496 e. The van der Waals surface area contributed by atoms with Crippen LogP contribution >= 0.6 is 0 Å². The number of rotatable bonds is 3. The van der Waals surface area contributed by atoms with Gasteiger partial charge in [-0.1, -0.05) is 18.2 Å². The van der Waals surface area contributed by atoms with Crippen LogP contribution in [-0.2, 0) is 12.7 Å². The van der Waals surface area contributed by atoms with Gasteiger partial charge in [-0.3, -0.25) is 9.69 Å². The molecule has 1 aromatic heterocycles. The monoisotopic (exact) mass is 419 g/mol. The molecule has 2 heterocycles. The number of ether oxygens (including phenoxy) is 2. The summed E-state index contributed by atoms with van der Waals surface area (Å²) in [4.78, 5) is 15.2. The molecule has 5 nitrogen and oxygen atoms in total. The Morgan fingerprint density at radius 2 is 1.87 bits per heavy atom. The van der Waals surface area contributed by atoms with E-state index in [0.29, 0.717) is 24.6 Å². The van der Waals surface area contributed by atoms with Crippen molar-refractivity contribution in [1.29, 1.82) is 0 Å². The van der Waals surface area contributed by atoms with Crippen molar-refractivity contribution in [2.24, 2.45) is 0 Å². The number of para-hydroxylation sites is 1. The Balaban J connectivity index is 2.06. The van der Waals surface area contributed by atoms with Gasteiger partial charge < -0.3 is 13.9 Å². The molecule has 0 unspecified atom stereocenters. The third kappa shape index (κ3) is 3.31. The summed E-state index contributed by atoms with van der Waals surface area (Å²) in [6.07, 6.45) is -4.88. The van der Waals surface area contributed by atoms with Crippen LogP contribution in [0.15, 0.2) is 45.6 Å². The minimum atomic E-state index is -4.88. The van der Waals surface area contributed by atoms with E-state index in [2.05, 4.69) is 0 Å². The summed E-state index contributed by atoms with van der Waals surface area (Å²) in [6, 6.07) is 9.23. The van der Waals surface area contributed by atoms with E-state index in [1.807, 2.05) is 18.7 Å². The fraction of sp³-hybridized carbons (Fsp3) is 0.318. The zero-order valence-electron chi connectivity index (χ0n) is 16.7. The molecular formula is C22H20F3NO4. The van der Waals surface area contributed by atoms with E-state index < -0.39 is 22.9 Å². The van der Waals surface area contributed by atoms with E-state index in [1.165, 1.54) is 25.3 Å². The second kappa shape index (κ2) is 7.36. The Hall–Kier alpha value is -3.00. The van der Waals surface area contributed by atoms with E-state index in [0.717, 1.165) is 0 Å². The normalized spacial score (nSPS) is 14.6. The number of halogens is 3. The van der Waals surface area contributed by atoms with Crippen LogP contribution in [0.4, 0.5) is 13.2 Å². The molecule has 0 saturated heterocycles. The highest BCUT2D eigenvalue weighted by atomic mass is 19.4. The average molecular weight is 419 g/mol. The van der Waals surface area contributed by atoms with Crippen LogP contribution in [-0.4, -0.2) is 24.8 Å². The van der Waals surface area contributed by atoms with Gasteiger partial charge in [0.2, 0.25) is 11.2 Å². The fourth-order valence-electron chi connectivity index (χ4n) is 3.61. The van der Waals surface area contributed by atoms with Gasteiger partial charge >= 0.3 is 6.18 Å². The smallest absolute Gasteiger partial charge is 0.450 e. The molecule has 0 saturated carbocycles. The standard InChI is InChI=1S/C22H20F3NO4/c1-12(2)26-10-15-17(29-11-26)9-8-14-19(27)18(13-6-4-5-7-16(13)28-3)21(22(23,24)25)30-20(14)15/h4-9,12H,10-11H2,1-3H3. The van der Waals surface area contributed by atoms with Gasteiger partial charge in [0.15, 0.2) is 0 Å². The lowest BCUT2D eigenvalue weighted by molar-refractivity contribution is -0.152. The van der Waals surface area contributed by atoms with Crippen LogP contribution in [0.25, 0.3) is 22.1 Å². The lowest BCUT2D eigenvalue weighted by atomic mass is 9.99. The van der Waals surface area contributed by atoms with Crippen LogP contribution < -0.4 is 14.9 Å². The van der Waals surface area contributed by atoms with Gasteiger partial charge in [0, 0.05) is 18.2 Å². The quantitative estimate of drug-likeness (QED) is 0.595. The van der Waals surface area contributed by atoms with Gasteiger partial charge in [0.1, 0.15) is 23.8 Å². The highest BCUT2D eigenvalue weighted by Gasteiger charge is 2.40. The third-order valence-electron chi connectivity index (χ3n) is 5.23. The van der Waals surface area contributed by atoms with Gasteiger partial charge in [0.05, 0.1) is 23.6 Å². The zero-order valence-corrected chi connectivity index (χ0v) is 16.7. The molecule has 0 amide bonds. The second-order valence-electron chi connectivity index (χ2n) is 7.37. The van der Waals surface area contributed by atoms with Crippen LogP contribution in [0.3, 0.4) is 0 Å². The Bertz CT molecular complexity index is 1170. The minimum Gasteiger partial charge on any atom is -0.496 e. The first-order chi connectivity index (χ1) is 14.2.